The summed E-state index contributed by atoms with van der Waals surface area (Å²) in [7, 11) is -1.66. The predicted octanol–water partition coefficient (Wildman–Crippen LogP) is 3.02. The normalized spacial score (nSPS) is 11.2. The molecule has 0 atom stereocenters. The minimum atomic E-state index is -3.33. The minimum Gasteiger partial charge on any atom is -0.337 e. The lowest BCUT2D eigenvalue weighted by Gasteiger charge is -2.17. The lowest BCUT2D eigenvalue weighted by molar-refractivity contribution is 0.0785. The Morgan fingerprint density at radius 2 is 1.77 bits per heavy atom. The molecule has 6 heteroatoms. The van der Waals surface area contributed by atoms with E-state index >= 15 is 0 Å². The second-order valence-corrected chi connectivity index (χ2v) is 7.54. The fraction of sp³-hybridized carbons (Fsp3) is 0.188. The molecule has 0 heterocycles. The molecular weight excluding hydrogens is 322 g/mol. The number of hydrogen-bond donors (Lipinski definition) is 0. The van der Waals surface area contributed by atoms with Crippen molar-refractivity contribution >= 4 is 27.3 Å². The van der Waals surface area contributed by atoms with E-state index in [-0.39, 0.29) is 10.8 Å². The highest BCUT2D eigenvalue weighted by atomic mass is 35.5. The zero-order valence-corrected chi connectivity index (χ0v) is 13.9. The Hall–Kier alpha value is -1.85. The molecule has 0 aliphatic carbocycles. The molecule has 0 fully saturated rings. The van der Waals surface area contributed by atoms with Gasteiger partial charge in [0.2, 0.25) is 0 Å². The van der Waals surface area contributed by atoms with Crippen LogP contribution >= 0.6 is 11.6 Å². The number of carbonyl (C=O) groups is 1. The number of hydrogen-bond acceptors (Lipinski definition) is 3. The van der Waals surface area contributed by atoms with Crippen LogP contribution in [0.15, 0.2) is 53.4 Å². The third kappa shape index (κ3) is 4.08. The van der Waals surface area contributed by atoms with Gasteiger partial charge in [-0.1, -0.05) is 29.8 Å². The number of benzene rings is 2. The Balaban J connectivity index is 2.18. The highest BCUT2D eigenvalue weighted by Gasteiger charge is 2.15. The topological polar surface area (TPSA) is 54.5 Å². The first-order valence-corrected chi connectivity index (χ1v) is 8.84. The quantitative estimate of drug-likeness (QED) is 0.861. The van der Waals surface area contributed by atoms with Gasteiger partial charge in [-0.3, -0.25) is 4.79 Å². The van der Waals surface area contributed by atoms with Gasteiger partial charge in [-0.25, -0.2) is 8.42 Å². The van der Waals surface area contributed by atoms with Crippen LogP contribution < -0.4 is 0 Å². The maximum absolute atomic E-state index is 12.4. The number of sulfone groups is 1. The number of carbonyl (C=O) groups excluding carboxylic acids is 1. The van der Waals surface area contributed by atoms with E-state index in [0.717, 1.165) is 11.8 Å². The maximum Gasteiger partial charge on any atom is 0.253 e. The summed E-state index contributed by atoms with van der Waals surface area (Å²) in [5.74, 6) is -0.236. The Morgan fingerprint density at radius 3 is 2.36 bits per heavy atom. The molecule has 4 nitrogen and oxygen atoms in total. The molecule has 0 unspecified atom stereocenters. The van der Waals surface area contributed by atoms with E-state index in [1.807, 2.05) is 12.1 Å². The average Bonchev–Trinajstić information content (AvgIpc) is 2.48. The molecule has 2 aromatic carbocycles. The van der Waals surface area contributed by atoms with Crippen molar-refractivity contribution in [2.75, 3.05) is 13.3 Å². The van der Waals surface area contributed by atoms with Crippen molar-refractivity contribution in [2.24, 2.45) is 0 Å². The molecule has 0 spiro atoms. The molecule has 0 aliphatic rings. The lowest BCUT2D eigenvalue weighted by atomic mass is 10.1. The van der Waals surface area contributed by atoms with E-state index in [1.165, 1.54) is 17.0 Å². The number of nitrogens with zero attached hydrogens (tertiary/aromatic N) is 1. The van der Waals surface area contributed by atoms with Crippen LogP contribution in [-0.4, -0.2) is 32.5 Å². The lowest BCUT2D eigenvalue weighted by Crippen LogP contribution is -2.26. The van der Waals surface area contributed by atoms with Crippen LogP contribution in [0.4, 0.5) is 0 Å². The molecule has 0 bridgehead atoms. The van der Waals surface area contributed by atoms with Crippen molar-refractivity contribution < 1.29 is 13.2 Å². The zero-order valence-electron chi connectivity index (χ0n) is 12.3. The molecule has 1 amide bonds. The zero-order chi connectivity index (χ0) is 16.3. The van der Waals surface area contributed by atoms with Gasteiger partial charge < -0.3 is 4.90 Å². The van der Waals surface area contributed by atoms with Crippen LogP contribution in [0.1, 0.15) is 15.9 Å². The number of rotatable bonds is 4. The Kier molecular flexibility index (Phi) is 4.88. The van der Waals surface area contributed by atoms with Gasteiger partial charge >= 0.3 is 0 Å². The molecule has 0 radical (unpaired) electrons. The Bertz CT molecular complexity index is 785. The molecule has 116 valence electrons. The third-order valence-corrected chi connectivity index (χ3v) is 4.55. The highest BCUT2D eigenvalue weighted by molar-refractivity contribution is 7.90. The first kappa shape index (κ1) is 16.5. The van der Waals surface area contributed by atoms with Crippen molar-refractivity contribution in [3.63, 3.8) is 0 Å². The van der Waals surface area contributed by atoms with E-state index < -0.39 is 9.84 Å². The van der Waals surface area contributed by atoms with Gasteiger partial charge in [-0.2, -0.15) is 0 Å². The van der Waals surface area contributed by atoms with Crippen molar-refractivity contribution in [3.05, 3.63) is 64.7 Å². The smallest absolute Gasteiger partial charge is 0.253 e. The Labute approximate surface area is 135 Å². The first-order chi connectivity index (χ1) is 10.3. The standard InChI is InChI=1S/C16H16ClNO3S/c1-18(11-12-6-8-14(17)9-7-12)16(19)13-4-3-5-15(10-13)22(2,20)21/h3-10H,11H2,1-2H3. The highest BCUT2D eigenvalue weighted by Crippen LogP contribution is 2.15. The van der Waals surface area contributed by atoms with Gasteiger partial charge in [-0.05, 0) is 35.9 Å². The van der Waals surface area contributed by atoms with Crippen molar-refractivity contribution in [1.82, 2.24) is 4.90 Å². The van der Waals surface area contributed by atoms with E-state index in [4.69, 9.17) is 11.6 Å². The second kappa shape index (κ2) is 6.50. The summed E-state index contributed by atoms with van der Waals surface area (Å²) in [6.45, 7) is 0.416. The van der Waals surface area contributed by atoms with Crippen molar-refractivity contribution in [2.45, 2.75) is 11.4 Å². The molecular formula is C16H16ClNO3S. The summed E-state index contributed by atoms with van der Waals surface area (Å²) in [6, 6.07) is 13.3. The van der Waals surface area contributed by atoms with Gasteiger partial charge in [0.1, 0.15) is 0 Å². The van der Waals surface area contributed by atoms with Crippen LogP contribution in [-0.2, 0) is 16.4 Å². The fourth-order valence-corrected chi connectivity index (χ4v) is 2.81. The average molecular weight is 338 g/mol. The Morgan fingerprint density at radius 1 is 1.14 bits per heavy atom. The van der Waals surface area contributed by atoms with Gasteiger partial charge in [0, 0.05) is 30.4 Å². The maximum atomic E-state index is 12.4. The van der Waals surface area contributed by atoms with Crippen molar-refractivity contribution in [3.8, 4) is 0 Å². The van der Waals surface area contributed by atoms with Crippen molar-refractivity contribution in [1.29, 1.82) is 0 Å². The molecule has 0 aromatic heterocycles. The summed E-state index contributed by atoms with van der Waals surface area (Å²) in [4.78, 5) is 14.1. The van der Waals surface area contributed by atoms with E-state index in [0.29, 0.717) is 17.1 Å². The summed E-state index contributed by atoms with van der Waals surface area (Å²) in [6.07, 6.45) is 1.12. The summed E-state index contributed by atoms with van der Waals surface area (Å²) < 4.78 is 23.1. The van der Waals surface area contributed by atoms with Crippen LogP contribution in [0.5, 0.6) is 0 Å². The first-order valence-electron chi connectivity index (χ1n) is 6.57. The minimum absolute atomic E-state index is 0.137. The van der Waals surface area contributed by atoms with Gasteiger partial charge in [0.05, 0.1) is 4.90 Å². The predicted molar refractivity (Wildman–Crippen MR) is 86.8 cm³/mol. The fourth-order valence-electron chi connectivity index (χ4n) is 2.02. The van der Waals surface area contributed by atoms with E-state index in [9.17, 15) is 13.2 Å². The monoisotopic (exact) mass is 337 g/mol. The summed E-state index contributed by atoms with van der Waals surface area (Å²) in [5, 5.41) is 0.638. The molecule has 0 saturated carbocycles. The second-order valence-electron chi connectivity index (χ2n) is 5.09. The molecule has 22 heavy (non-hydrogen) atoms. The third-order valence-electron chi connectivity index (χ3n) is 3.19. The van der Waals surface area contributed by atoms with Crippen LogP contribution in [0.25, 0.3) is 0 Å². The van der Waals surface area contributed by atoms with Gasteiger partial charge in [0.25, 0.3) is 5.91 Å². The van der Waals surface area contributed by atoms with Crippen LogP contribution in [0.2, 0.25) is 5.02 Å². The molecule has 2 rings (SSSR count). The van der Waals surface area contributed by atoms with E-state index in [1.54, 1.807) is 31.3 Å². The SMILES string of the molecule is CN(Cc1ccc(Cl)cc1)C(=O)c1cccc(S(C)(=O)=O)c1. The largest absolute Gasteiger partial charge is 0.337 e. The van der Waals surface area contributed by atoms with Crippen LogP contribution in [0, 0.1) is 0 Å². The number of amides is 1. The molecule has 0 saturated heterocycles. The molecule has 0 aliphatic heterocycles. The van der Waals surface area contributed by atoms with Gasteiger partial charge in [0.15, 0.2) is 9.84 Å². The van der Waals surface area contributed by atoms with E-state index in [2.05, 4.69) is 0 Å². The summed E-state index contributed by atoms with van der Waals surface area (Å²) in [5.41, 5.74) is 1.29. The number of halogens is 1. The van der Waals surface area contributed by atoms with Gasteiger partial charge in [-0.15, -0.1) is 0 Å². The summed E-state index contributed by atoms with van der Waals surface area (Å²) >= 11 is 5.83. The molecule has 0 N–H and O–H groups in total. The van der Waals surface area contributed by atoms with Crippen LogP contribution in [0.3, 0.4) is 0 Å². The molecule has 2 aromatic rings.